The van der Waals surface area contributed by atoms with E-state index in [-0.39, 0.29) is 5.92 Å². The molecule has 1 aromatic rings. The molecule has 3 saturated heterocycles. The molecule has 23 heavy (non-hydrogen) atoms. The number of carbonyl (C=O) groups is 1. The minimum absolute atomic E-state index is 0.154. The largest absolute Gasteiger partial charge is 0.338 e. The molecule has 4 aliphatic rings. The molecule has 126 valence electrons. The summed E-state index contributed by atoms with van der Waals surface area (Å²) in [5, 5.41) is 4.02. The Hall–Kier alpha value is -1.08. The zero-order chi connectivity index (χ0) is 15.8. The van der Waals surface area contributed by atoms with Crippen LogP contribution in [0.2, 0.25) is 0 Å². The Morgan fingerprint density at radius 3 is 2.91 bits per heavy atom. The van der Waals surface area contributed by atoms with Crippen molar-refractivity contribution < 1.29 is 9.32 Å². The van der Waals surface area contributed by atoms with Crippen molar-refractivity contribution in [2.75, 3.05) is 25.9 Å². The number of piperidine rings is 1. The number of hydrogen-bond acceptors (Lipinski definition) is 6. The van der Waals surface area contributed by atoms with Crippen LogP contribution >= 0.6 is 11.8 Å². The Morgan fingerprint density at radius 1 is 1.26 bits per heavy atom. The van der Waals surface area contributed by atoms with Crippen LogP contribution in [-0.4, -0.2) is 57.8 Å². The van der Waals surface area contributed by atoms with Gasteiger partial charge in [-0.2, -0.15) is 16.7 Å². The number of fused-ring (bicyclic) bond motifs is 4. The fraction of sp³-hybridized carbons (Fsp3) is 0.812. The SMILES string of the molecule is CSCc1noc(CN2C[C@H]3CC[C@@H](C2)N(CC2CC2)C3=O)n1. The molecule has 0 radical (unpaired) electrons. The van der Waals surface area contributed by atoms with Crippen molar-refractivity contribution in [2.24, 2.45) is 11.8 Å². The summed E-state index contributed by atoms with van der Waals surface area (Å²) in [5.41, 5.74) is 0. The molecule has 4 fully saturated rings. The predicted octanol–water partition coefficient (Wildman–Crippen LogP) is 1.77. The first-order valence-corrected chi connectivity index (χ1v) is 9.95. The predicted molar refractivity (Wildman–Crippen MR) is 87.7 cm³/mol. The molecule has 7 heteroatoms. The van der Waals surface area contributed by atoms with Crippen molar-refractivity contribution in [3.05, 3.63) is 11.7 Å². The number of rotatable bonds is 6. The van der Waals surface area contributed by atoms with Gasteiger partial charge in [0.1, 0.15) is 0 Å². The number of hydrogen-bond donors (Lipinski definition) is 0. The van der Waals surface area contributed by atoms with Crippen LogP contribution < -0.4 is 0 Å². The van der Waals surface area contributed by atoms with E-state index in [9.17, 15) is 4.79 Å². The zero-order valence-corrected chi connectivity index (χ0v) is 14.4. The van der Waals surface area contributed by atoms with Crippen molar-refractivity contribution in [2.45, 2.75) is 44.0 Å². The highest BCUT2D eigenvalue weighted by molar-refractivity contribution is 7.97. The Balaban J connectivity index is 1.43. The summed E-state index contributed by atoms with van der Waals surface area (Å²) < 4.78 is 5.37. The Kier molecular flexibility index (Phi) is 4.32. The molecule has 0 spiro atoms. The van der Waals surface area contributed by atoms with Crippen LogP contribution in [0, 0.1) is 11.8 Å². The van der Waals surface area contributed by atoms with E-state index < -0.39 is 0 Å². The summed E-state index contributed by atoms with van der Waals surface area (Å²) in [6.45, 7) is 3.41. The summed E-state index contributed by atoms with van der Waals surface area (Å²) >= 11 is 1.69. The molecule has 1 aliphatic carbocycles. The number of aromatic nitrogens is 2. The number of nitrogens with zero attached hydrogens (tertiary/aromatic N) is 4. The van der Waals surface area contributed by atoms with Gasteiger partial charge in [-0.15, -0.1) is 0 Å². The van der Waals surface area contributed by atoms with Crippen LogP contribution in [0.25, 0.3) is 0 Å². The van der Waals surface area contributed by atoms with E-state index in [0.717, 1.165) is 50.0 Å². The van der Waals surface area contributed by atoms with Crippen molar-refractivity contribution in [1.82, 2.24) is 19.9 Å². The highest BCUT2D eigenvalue weighted by Crippen LogP contribution is 2.35. The molecular formula is C16H24N4O2S. The number of thioether (sulfide) groups is 1. The normalized spacial score (nSPS) is 28.4. The van der Waals surface area contributed by atoms with E-state index >= 15 is 0 Å². The lowest BCUT2D eigenvalue weighted by Crippen LogP contribution is -2.48. The topological polar surface area (TPSA) is 62.5 Å². The van der Waals surface area contributed by atoms with E-state index in [0.29, 0.717) is 24.4 Å². The minimum atomic E-state index is 0.154. The van der Waals surface area contributed by atoms with Gasteiger partial charge in [0.25, 0.3) is 0 Å². The molecule has 1 saturated carbocycles. The number of carbonyl (C=O) groups excluding carboxylic acids is 1. The lowest BCUT2D eigenvalue weighted by molar-refractivity contribution is -0.140. The molecule has 0 unspecified atom stereocenters. The van der Waals surface area contributed by atoms with Crippen LogP contribution in [-0.2, 0) is 17.1 Å². The van der Waals surface area contributed by atoms with Gasteiger partial charge in [0, 0.05) is 25.7 Å². The molecule has 6 nitrogen and oxygen atoms in total. The second-order valence-electron chi connectivity index (χ2n) is 7.09. The van der Waals surface area contributed by atoms with Gasteiger partial charge in [-0.3, -0.25) is 9.69 Å². The maximum Gasteiger partial charge on any atom is 0.240 e. The highest BCUT2D eigenvalue weighted by atomic mass is 32.2. The summed E-state index contributed by atoms with van der Waals surface area (Å²) in [5.74, 6) is 3.51. The van der Waals surface area contributed by atoms with Gasteiger partial charge in [0.2, 0.25) is 11.8 Å². The average molecular weight is 336 g/mol. The summed E-state index contributed by atoms with van der Waals surface area (Å²) in [6.07, 6.45) is 6.79. The van der Waals surface area contributed by atoms with Gasteiger partial charge in [0.15, 0.2) is 5.82 Å². The number of amides is 1. The smallest absolute Gasteiger partial charge is 0.240 e. The zero-order valence-electron chi connectivity index (χ0n) is 13.6. The molecule has 0 N–H and O–H groups in total. The highest BCUT2D eigenvalue weighted by Gasteiger charge is 2.42. The third-order valence-electron chi connectivity index (χ3n) is 5.16. The van der Waals surface area contributed by atoms with Gasteiger partial charge in [0.05, 0.1) is 18.2 Å². The molecule has 0 aromatic carbocycles. The van der Waals surface area contributed by atoms with Crippen molar-refractivity contribution >= 4 is 17.7 Å². The van der Waals surface area contributed by atoms with Crippen LogP contribution in [0.5, 0.6) is 0 Å². The van der Waals surface area contributed by atoms with E-state index in [4.69, 9.17) is 4.52 Å². The van der Waals surface area contributed by atoms with E-state index in [1.54, 1.807) is 11.8 Å². The van der Waals surface area contributed by atoms with Crippen molar-refractivity contribution in [3.63, 3.8) is 0 Å². The lowest BCUT2D eigenvalue weighted by Gasteiger charge is -2.36. The Morgan fingerprint density at radius 2 is 2.13 bits per heavy atom. The third-order valence-corrected chi connectivity index (χ3v) is 5.71. The maximum atomic E-state index is 12.7. The second kappa shape index (κ2) is 6.43. The minimum Gasteiger partial charge on any atom is -0.338 e. The van der Waals surface area contributed by atoms with Crippen LogP contribution in [0.4, 0.5) is 0 Å². The second-order valence-corrected chi connectivity index (χ2v) is 7.96. The summed E-state index contributed by atoms with van der Waals surface area (Å²) in [4.78, 5) is 21.7. The molecule has 5 rings (SSSR count). The first kappa shape index (κ1) is 15.4. The van der Waals surface area contributed by atoms with Crippen LogP contribution in [0.3, 0.4) is 0 Å². The molecule has 3 aliphatic heterocycles. The monoisotopic (exact) mass is 336 g/mol. The van der Waals surface area contributed by atoms with Gasteiger partial charge >= 0.3 is 0 Å². The molecular weight excluding hydrogens is 312 g/mol. The van der Waals surface area contributed by atoms with E-state index in [1.807, 2.05) is 6.26 Å². The molecule has 2 atom stereocenters. The molecule has 4 heterocycles. The fourth-order valence-corrected chi connectivity index (χ4v) is 4.19. The summed E-state index contributed by atoms with van der Waals surface area (Å²) in [7, 11) is 0. The van der Waals surface area contributed by atoms with E-state index in [1.165, 1.54) is 12.8 Å². The quantitative estimate of drug-likeness (QED) is 0.789. The Labute approximate surface area is 141 Å². The molecule has 2 bridgehead atoms. The first-order valence-electron chi connectivity index (χ1n) is 8.56. The van der Waals surface area contributed by atoms with Gasteiger partial charge in [-0.05, 0) is 37.9 Å². The van der Waals surface area contributed by atoms with Crippen LogP contribution in [0.15, 0.2) is 4.52 Å². The summed E-state index contributed by atoms with van der Waals surface area (Å²) in [6, 6.07) is 0.371. The lowest BCUT2D eigenvalue weighted by atomic mass is 9.94. The third kappa shape index (κ3) is 3.40. The van der Waals surface area contributed by atoms with Gasteiger partial charge in [-0.25, -0.2) is 0 Å². The maximum absolute atomic E-state index is 12.7. The Bertz CT molecular complexity index is 574. The van der Waals surface area contributed by atoms with Crippen LogP contribution in [0.1, 0.15) is 37.4 Å². The van der Waals surface area contributed by atoms with E-state index in [2.05, 4.69) is 19.9 Å². The fourth-order valence-electron chi connectivity index (χ4n) is 3.81. The molecule has 1 amide bonds. The van der Waals surface area contributed by atoms with Crippen molar-refractivity contribution in [1.29, 1.82) is 0 Å². The standard InChI is InChI=1S/C16H24N4O2S/c1-23-10-14-17-15(22-18-14)9-19-7-12-4-5-13(8-19)20(16(12)21)6-11-2-3-11/h11-13H,2-10H2,1H3/t12-,13+/m1/s1. The van der Waals surface area contributed by atoms with Gasteiger partial charge < -0.3 is 9.42 Å². The van der Waals surface area contributed by atoms with Crippen molar-refractivity contribution in [3.8, 4) is 0 Å². The molecule has 1 aromatic heterocycles. The van der Waals surface area contributed by atoms with Gasteiger partial charge in [-0.1, -0.05) is 5.16 Å². The first-order chi connectivity index (χ1) is 11.2. The average Bonchev–Trinajstić information content (AvgIpc) is 3.29.